The third kappa shape index (κ3) is 2.56. The van der Waals surface area contributed by atoms with Crippen molar-refractivity contribution in [2.75, 3.05) is 0 Å². The summed E-state index contributed by atoms with van der Waals surface area (Å²) >= 11 is 0. The molecule has 1 N–H and O–H groups in total. The lowest BCUT2D eigenvalue weighted by atomic mass is 10.2. The zero-order valence-electron chi connectivity index (χ0n) is 8.23. The second-order valence-electron chi connectivity index (χ2n) is 3.89. The molecule has 1 fully saturated rings. The maximum Gasteiger partial charge on any atom is 0.0720 e. The van der Waals surface area contributed by atoms with E-state index in [2.05, 4.69) is 12.1 Å². The Labute approximate surface area is 84.5 Å². The van der Waals surface area contributed by atoms with Gasteiger partial charge in [-0.2, -0.15) is 0 Å². The molecule has 1 saturated carbocycles. The van der Waals surface area contributed by atoms with Gasteiger partial charge in [0.1, 0.15) is 0 Å². The molecule has 0 spiro atoms. The first-order chi connectivity index (χ1) is 6.84. The molecular weight excluding hydrogens is 176 g/mol. The van der Waals surface area contributed by atoms with Crippen LogP contribution in [0.2, 0.25) is 0 Å². The molecule has 0 aromatic heterocycles. The lowest BCUT2D eigenvalue weighted by molar-refractivity contribution is 0.0357. The quantitative estimate of drug-likeness (QED) is 0.794. The fourth-order valence-corrected chi connectivity index (χ4v) is 1.86. The Morgan fingerprint density at radius 1 is 1.21 bits per heavy atom. The van der Waals surface area contributed by atoms with Crippen LogP contribution in [0.25, 0.3) is 0 Å². The van der Waals surface area contributed by atoms with Gasteiger partial charge in [0.05, 0.1) is 18.8 Å². The van der Waals surface area contributed by atoms with Crippen molar-refractivity contribution in [1.29, 1.82) is 0 Å². The second kappa shape index (κ2) is 4.58. The number of hydrogen-bond donors (Lipinski definition) is 1. The van der Waals surface area contributed by atoms with Crippen molar-refractivity contribution >= 4 is 0 Å². The molecule has 1 aliphatic rings. The predicted molar refractivity (Wildman–Crippen MR) is 54.9 cm³/mol. The van der Waals surface area contributed by atoms with E-state index in [-0.39, 0.29) is 12.2 Å². The summed E-state index contributed by atoms with van der Waals surface area (Å²) in [6.45, 7) is 0.665. The van der Waals surface area contributed by atoms with Gasteiger partial charge in [0.25, 0.3) is 0 Å². The molecule has 76 valence electrons. The Bertz CT molecular complexity index is 271. The van der Waals surface area contributed by atoms with Crippen molar-refractivity contribution in [3.05, 3.63) is 35.9 Å². The largest absolute Gasteiger partial charge is 0.393 e. The second-order valence-corrected chi connectivity index (χ2v) is 3.89. The van der Waals surface area contributed by atoms with E-state index >= 15 is 0 Å². The first kappa shape index (κ1) is 9.69. The number of aliphatic hydroxyl groups excluding tert-OH is 1. The molecule has 0 saturated heterocycles. The van der Waals surface area contributed by atoms with Gasteiger partial charge >= 0.3 is 0 Å². The number of aliphatic hydroxyl groups is 1. The molecular formula is C12H16O2. The highest BCUT2D eigenvalue weighted by atomic mass is 16.5. The first-order valence-electron chi connectivity index (χ1n) is 5.18. The zero-order valence-corrected chi connectivity index (χ0v) is 8.23. The summed E-state index contributed by atoms with van der Waals surface area (Å²) in [5.41, 5.74) is 1.20. The van der Waals surface area contributed by atoms with E-state index in [1.807, 2.05) is 18.2 Å². The molecule has 2 nitrogen and oxygen atoms in total. The van der Waals surface area contributed by atoms with Crippen LogP contribution in [-0.2, 0) is 11.3 Å². The van der Waals surface area contributed by atoms with E-state index in [4.69, 9.17) is 4.74 Å². The fourth-order valence-electron chi connectivity index (χ4n) is 1.86. The van der Waals surface area contributed by atoms with Gasteiger partial charge in [-0.3, -0.25) is 0 Å². The summed E-state index contributed by atoms with van der Waals surface area (Å²) in [5.74, 6) is 0. The normalized spacial score (nSPS) is 26.6. The topological polar surface area (TPSA) is 29.5 Å². The van der Waals surface area contributed by atoms with Gasteiger partial charge in [0.15, 0.2) is 0 Å². The summed E-state index contributed by atoms with van der Waals surface area (Å²) in [7, 11) is 0. The molecule has 0 radical (unpaired) electrons. The van der Waals surface area contributed by atoms with Gasteiger partial charge in [0.2, 0.25) is 0 Å². The van der Waals surface area contributed by atoms with Gasteiger partial charge in [-0.15, -0.1) is 0 Å². The fraction of sp³-hybridized carbons (Fsp3) is 0.500. The van der Waals surface area contributed by atoms with Gasteiger partial charge in [-0.25, -0.2) is 0 Å². The van der Waals surface area contributed by atoms with Crippen LogP contribution in [0.1, 0.15) is 24.8 Å². The van der Waals surface area contributed by atoms with Crippen molar-refractivity contribution in [1.82, 2.24) is 0 Å². The Kier molecular flexibility index (Phi) is 3.17. The van der Waals surface area contributed by atoms with Crippen molar-refractivity contribution < 1.29 is 9.84 Å². The molecule has 0 amide bonds. The Hall–Kier alpha value is -0.860. The summed E-state index contributed by atoms with van der Waals surface area (Å²) < 4.78 is 5.70. The maximum atomic E-state index is 9.32. The molecule has 1 aromatic carbocycles. The summed E-state index contributed by atoms with van der Waals surface area (Å²) in [5, 5.41) is 9.32. The zero-order chi connectivity index (χ0) is 9.80. The van der Waals surface area contributed by atoms with Gasteiger partial charge in [-0.05, 0) is 24.8 Å². The summed E-state index contributed by atoms with van der Waals surface area (Å²) in [6, 6.07) is 10.2. The van der Waals surface area contributed by atoms with Crippen LogP contribution in [0.3, 0.4) is 0 Å². The van der Waals surface area contributed by atoms with E-state index in [9.17, 15) is 5.11 Å². The molecule has 1 aliphatic carbocycles. The Morgan fingerprint density at radius 2 is 2.00 bits per heavy atom. The van der Waals surface area contributed by atoms with Crippen LogP contribution in [-0.4, -0.2) is 17.3 Å². The van der Waals surface area contributed by atoms with Crippen molar-refractivity contribution in [3.8, 4) is 0 Å². The molecule has 14 heavy (non-hydrogen) atoms. The smallest absolute Gasteiger partial charge is 0.0720 e. The van der Waals surface area contributed by atoms with Crippen molar-refractivity contribution in [3.63, 3.8) is 0 Å². The third-order valence-corrected chi connectivity index (χ3v) is 2.69. The van der Waals surface area contributed by atoms with Crippen LogP contribution < -0.4 is 0 Å². The molecule has 2 heteroatoms. The minimum atomic E-state index is -0.143. The van der Waals surface area contributed by atoms with Gasteiger partial charge < -0.3 is 9.84 Å². The average molecular weight is 192 g/mol. The number of benzene rings is 1. The Morgan fingerprint density at radius 3 is 2.64 bits per heavy atom. The van der Waals surface area contributed by atoms with Crippen molar-refractivity contribution in [2.24, 2.45) is 0 Å². The monoisotopic (exact) mass is 192 g/mol. The van der Waals surface area contributed by atoms with E-state index in [0.717, 1.165) is 19.3 Å². The molecule has 2 rings (SSSR count). The number of hydrogen-bond acceptors (Lipinski definition) is 2. The third-order valence-electron chi connectivity index (χ3n) is 2.69. The SMILES string of the molecule is O[C@@H]1CC[C@H](OCc2ccccc2)C1. The van der Waals surface area contributed by atoms with Crippen LogP contribution in [0, 0.1) is 0 Å². The highest BCUT2D eigenvalue weighted by Crippen LogP contribution is 2.22. The van der Waals surface area contributed by atoms with E-state index in [1.54, 1.807) is 0 Å². The van der Waals surface area contributed by atoms with Gasteiger partial charge in [0, 0.05) is 0 Å². The Balaban J connectivity index is 1.78. The van der Waals surface area contributed by atoms with E-state index in [0.29, 0.717) is 6.61 Å². The summed E-state index contributed by atoms with van der Waals surface area (Å²) in [6.07, 6.45) is 2.79. The van der Waals surface area contributed by atoms with E-state index in [1.165, 1.54) is 5.56 Å². The van der Waals surface area contributed by atoms with E-state index < -0.39 is 0 Å². The van der Waals surface area contributed by atoms with Crippen LogP contribution in [0.4, 0.5) is 0 Å². The minimum absolute atomic E-state index is 0.143. The predicted octanol–water partition coefficient (Wildman–Crippen LogP) is 2.12. The van der Waals surface area contributed by atoms with Crippen LogP contribution in [0.15, 0.2) is 30.3 Å². The lowest BCUT2D eigenvalue weighted by Gasteiger charge is -2.10. The number of rotatable bonds is 3. The van der Waals surface area contributed by atoms with Crippen LogP contribution in [0.5, 0.6) is 0 Å². The number of ether oxygens (including phenoxy) is 1. The maximum absolute atomic E-state index is 9.32. The molecule has 0 heterocycles. The van der Waals surface area contributed by atoms with Crippen molar-refractivity contribution in [2.45, 2.75) is 38.1 Å². The highest BCUT2D eigenvalue weighted by molar-refractivity contribution is 5.13. The lowest BCUT2D eigenvalue weighted by Crippen LogP contribution is -2.09. The molecule has 0 unspecified atom stereocenters. The highest BCUT2D eigenvalue weighted by Gasteiger charge is 2.22. The first-order valence-corrected chi connectivity index (χ1v) is 5.18. The standard InChI is InChI=1S/C12H16O2/c13-11-6-7-12(8-11)14-9-10-4-2-1-3-5-10/h1-5,11-13H,6-9H2/t11-,12+/m1/s1. The average Bonchev–Trinajstić information content (AvgIpc) is 2.63. The summed E-state index contributed by atoms with van der Waals surface area (Å²) in [4.78, 5) is 0. The molecule has 0 bridgehead atoms. The molecule has 1 aromatic rings. The van der Waals surface area contributed by atoms with Crippen LogP contribution >= 0.6 is 0 Å². The van der Waals surface area contributed by atoms with Gasteiger partial charge in [-0.1, -0.05) is 30.3 Å². The molecule has 0 aliphatic heterocycles. The minimum Gasteiger partial charge on any atom is -0.393 e. The molecule has 2 atom stereocenters.